The molecular formula is C22H20F3N3O5S. The molecule has 0 fully saturated rings. The van der Waals surface area contributed by atoms with Crippen molar-refractivity contribution in [2.75, 3.05) is 13.8 Å². The van der Waals surface area contributed by atoms with Crippen LogP contribution < -0.4 is 9.47 Å². The van der Waals surface area contributed by atoms with E-state index in [2.05, 4.69) is 5.10 Å². The molecule has 4 rings (SSSR count). The number of fused-ring (bicyclic) bond motifs is 1. The lowest BCUT2D eigenvalue weighted by atomic mass is 9.96. The molecule has 0 saturated carbocycles. The average Bonchev–Trinajstić information content (AvgIpc) is 3.30. The Kier molecular flexibility index (Phi) is 5.80. The van der Waals surface area contributed by atoms with Gasteiger partial charge < -0.3 is 9.47 Å². The number of benzene rings is 2. The zero-order chi connectivity index (χ0) is 24.8. The fourth-order valence-electron chi connectivity index (χ4n) is 3.58. The number of hydrogen-bond donors (Lipinski definition) is 0. The Labute approximate surface area is 193 Å². The number of para-hydroxylation sites is 1. The molecule has 0 bridgehead atoms. The number of hydrogen-bond acceptors (Lipinski definition) is 6. The molecule has 1 aliphatic rings. The molecule has 1 aromatic heterocycles. The van der Waals surface area contributed by atoms with Crippen molar-refractivity contribution in [2.24, 2.45) is 0 Å². The third-order valence-electron chi connectivity index (χ3n) is 5.27. The second-order valence-electron chi connectivity index (χ2n) is 7.79. The second kappa shape index (κ2) is 8.35. The van der Waals surface area contributed by atoms with Crippen molar-refractivity contribution in [3.05, 3.63) is 65.4 Å². The summed E-state index contributed by atoms with van der Waals surface area (Å²) in [5, 5.41) is 3.55. The normalized spacial score (nSPS) is 15.0. The monoisotopic (exact) mass is 495 g/mol. The summed E-state index contributed by atoms with van der Waals surface area (Å²) in [7, 11) is -2.95. The highest BCUT2D eigenvalue weighted by atomic mass is 32.2. The standard InChI is InChI=1S/C22H20F3N3O5S/c1-13(2)16-9-15(32-3)10-17-20(16)21(29)27(34(17,30)31)12-33-19-11-18(22(23,24)25)26-28(19)14-7-5-4-6-8-14/h4-11,13H,12H2,1-3H3. The maximum Gasteiger partial charge on any atom is 0.435 e. The fourth-order valence-corrected chi connectivity index (χ4v) is 5.05. The average molecular weight is 495 g/mol. The van der Waals surface area contributed by atoms with Gasteiger partial charge in [-0.3, -0.25) is 4.79 Å². The maximum absolute atomic E-state index is 13.3. The van der Waals surface area contributed by atoms with Gasteiger partial charge in [-0.2, -0.15) is 22.6 Å². The quantitative estimate of drug-likeness (QED) is 0.509. The van der Waals surface area contributed by atoms with E-state index in [-0.39, 0.29) is 33.7 Å². The summed E-state index contributed by atoms with van der Waals surface area (Å²) in [6.07, 6.45) is -4.76. The number of ether oxygens (including phenoxy) is 2. The topological polar surface area (TPSA) is 90.7 Å². The molecule has 1 amide bonds. The smallest absolute Gasteiger partial charge is 0.435 e. The van der Waals surface area contributed by atoms with Crippen molar-refractivity contribution in [3.63, 3.8) is 0 Å². The van der Waals surface area contributed by atoms with E-state index in [4.69, 9.17) is 9.47 Å². The zero-order valence-electron chi connectivity index (χ0n) is 18.3. The first-order valence-corrected chi connectivity index (χ1v) is 11.5. The molecule has 0 atom stereocenters. The van der Waals surface area contributed by atoms with Gasteiger partial charge in [-0.25, -0.2) is 13.1 Å². The predicted octanol–water partition coefficient (Wildman–Crippen LogP) is 4.20. The van der Waals surface area contributed by atoms with Gasteiger partial charge in [-0.1, -0.05) is 32.0 Å². The number of halogens is 3. The zero-order valence-corrected chi connectivity index (χ0v) is 19.1. The van der Waals surface area contributed by atoms with E-state index in [1.165, 1.54) is 25.3 Å². The van der Waals surface area contributed by atoms with Crippen LogP contribution in [0.25, 0.3) is 5.69 Å². The van der Waals surface area contributed by atoms with Gasteiger partial charge in [0.1, 0.15) is 10.6 Å². The van der Waals surface area contributed by atoms with Crippen LogP contribution in [-0.2, 0) is 16.2 Å². The number of aromatic nitrogens is 2. The molecular weight excluding hydrogens is 475 g/mol. The molecule has 34 heavy (non-hydrogen) atoms. The van der Waals surface area contributed by atoms with Crippen LogP contribution in [-0.4, -0.2) is 42.3 Å². The summed E-state index contributed by atoms with van der Waals surface area (Å²) in [5.41, 5.74) is -0.498. The van der Waals surface area contributed by atoms with Crippen LogP contribution in [0.5, 0.6) is 11.6 Å². The van der Waals surface area contributed by atoms with Crippen molar-refractivity contribution < 1.29 is 35.9 Å². The van der Waals surface area contributed by atoms with E-state index in [0.717, 1.165) is 4.68 Å². The minimum Gasteiger partial charge on any atom is -0.497 e. The Hall–Kier alpha value is -3.54. The second-order valence-corrected chi connectivity index (χ2v) is 9.62. The van der Waals surface area contributed by atoms with Gasteiger partial charge >= 0.3 is 6.18 Å². The largest absolute Gasteiger partial charge is 0.497 e. The number of rotatable bonds is 6. The third-order valence-corrected chi connectivity index (χ3v) is 7.00. The molecule has 0 saturated heterocycles. The SMILES string of the molecule is COc1cc(C(C)C)c2c(c1)S(=O)(=O)N(COc1cc(C(F)(F)F)nn1-c1ccccc1)C2=O. The van der Waals surface area contributed by atoms with Gasteiger partial charge in [0.15, 0.2) is 12.4 Å². The van der Waals surface area contributed by atoms with Crippen LogP contribution in [0.1, 0.15) is 41.4 Å². The van der Waals surface area contributed by atoms with Gasteiger partial charge in [-0.15, -0.1) is 0 Å². The van der Waals surface area contributed by atoms with Crippen molar-refractivity contribution >= 4 is 15.9 Å². The lowest BCUT2D eigenvalue weighted by molar-refractivity contribution is -0.141. The van der Waals surface area contributed by atoms with E-state index in [9.17, 15) is 26.4 Å². The number of nitrogens with zero attached hydrogens (tertiary/aromatic N) is 3. The number of alkyl halides is 3. The molecule has 0 N–H and O–H groups in total. The summed E-state index contributed by atoms with van der Waals surface area (Å²) in [4.78, 5) is 12.9. The van der Waals surface area contributed by atoms with E-state index < -0.39 is 34.5 Å². The molecule has 0 spiro atoms. The molecule has 0 radical (unpaired) electrons. The van der Waals surface area contributed by atoms with Gasteiger partial charge in [0.25, 0.3) is 15.9 Å². The minimum atomic E-state index is -4.76. The molecule has 2 heterocycles. The lowest BCUT2D eigenvalue weighted by Crippen LogP contribution is -2.34. The van der Waals surface area contributed by atoms with Gasteiger partial charge in [0.05, 0.1) is 18.4 Å². The number of amides is 1. The van der Waals surface area contributed by atoms with Crippen molar-refractivity contribution in [1.29, 1.82) is 0 Å². The Bertz CT molecular complexity index is 1350. The number of carbonyl (C=O) groups is 1. The summed E-state index contributed by atoms with van der Waals surface area (Å²) in [6.45, 7) is 2.75. The fraction of sp³-hybridized carbons (Fsp3) is 0.273. The highest BCUT2D eigenvalue weighted by Gasteiger charge is 2.44. The van der Waals surface area contributed by atoms with E-state index in [1.807, 2.05) is 0 Å². The Balaban J connectivity index is 1.72. The molecule has 0 aliphatic carbocycles. The third kappa shape index (κ3) is 3.98. The minimum absolute atomic E-state index is 0.00746. The molecule has 1 aliphatic heterocycles. The first-order valence-electron chi connectivity index (χ1n) is 10.1. The molecule has 180 valence electrons. The van der Waals surface area contributed by atoms with Crippen molar-refractivity contribution in [1.82, 2.24) is 14.1 Å². The highest BCUT2D eigenvalue weighted by Crippen LogP contribution is 2.39. The Morgan fingerprint density at radius 3 is 2.35 bits per heavy atom. The van der Waals surface area contributed by atoms with Crippen LogP contribution in [0.15, 0.2) is 53.4 Å². The summed E-state index contributed by atoms with van der Waals surface area (Å²) < 4.78 is 78.2. The predicted molar refractivity (Wildman–Crippen MR) is 114 cm³/mol. The van der Waals surface area contributed by atoms with E-state index >= 15 is 0 Å². The molecule has 2 aromatic carbocycles. The number of sulfonamides is 1. The first kappa shape index (κ1) is 23.6. The highest BCUT2D eigenvalue weighted by molar-refractivity contribution is 7.90. The Morgan fingerprint density at radius 1 is 1.09 bits per heavy atom. The number of methoxy groups -OCH3 is 1. The summed E-state index contributed by atoms with van der Waals surface area (Å²) in [5.74, 6) is -1.14. The van der Waals surface area contributed by atoms with E-state index in [1.54, 1.807) is 38.1 Å². The van der Waals surface area contributed by atoms with Crippen LogP contribution in [0.3, 0.4) is 0 Å². The van der Waals surface area contributed by atoms with Crippen LogP contribution >= 0.6 is 0 Å². The first-order chi connectivity index (χ1) is 15.9. The van der Waals surface area contributed by atoms with Crippen molar-refractivity contribution in [3.8, 4) is 17.3 Å². The van der Waals surface area contributed by atoms with Gasteiger partial charge in [-0.05, 0) is 29.7 Å². The number of carbonyl (C=O) groups excluding carboxylic acids is 1. The molecule has 8 nitrogen and oxygen atoms in total. The van der Waals surface area contributed by atoms with Gasteiger partial charge in [0.2, 0.25) is 5.88 Å². The summed E-state index contributed by atoms with van der Waals surface area (Å²) >= 11 is 0. The summed E-state index contributed by atoms with van der Waals surface area (Å²) in [6, 6.07) is 11.4. The molecule has 0 unspecified atom stereocenters. The molecule has 3 aromatic rings. The van der Waals surface area contributed by atoms with Crippen LogP contribution in [0.2, 0.25) is 0 Å². The van der Waals surface area contributed by atoms with Crippen molar-refractivity contribution in [2.45, 2.75) is 30.8 Å². The maximum atomic E-state index is 13.3. The van der Waals surface area contributed by atoms with Gasteiger partial charge in [0, 0.05) is 12.1 Å². The van der Waals surface area contributed by atoms with Crippen LogP contribution in [0.4, 0.5) is 13.2 Å². The van der Waals surface area contributed by atoms with E-state index in [0.29, 0.717) is 15.9 Å². The lowest BCUT2D eigenvalue weighted by Gasteiger charge is -2.16. The Morgan fingerprint density at radius 2 is 1.76 bits per heavy atom. The molecule has 12 heteroatoms. The van der Waals surface area contributed by atoms with Crippen LogP contribution in [0, 0.1) is 0 Å².